The van der Waals surface area contributed by atoms with Gasteiger partial charge in [0.1, 0.15) is 5.56 Å². The SMILES string of the molecule is CCOC(=O)c1c(-c2cccc(OC)c2OC)c2c(=O)[nH]c3ccccc3c2oc1=N. The lowest BCUT2D eigenvalue weighted by atomic mass is 9.95. The van der Waals surface area contributed by atoms with Crippen molar-refractivity contribution in [3.63, 3.8) is 0 Å². The minimum absolute atomic E-state index is 0.0963. The van der Waals surface area contributed by atoms with Crippen molar-refractivity contribution in [1.82, 2.24) is 4.98 Å². The molecule has 0 amide bonds. The Morgan fingerprint density at radius 1 is 1.10 bits per heavy atom. The van der Waals surface area contributed by atoms with E-state index in [2.05, 4.69) is 4.98 Å². The highest BCUT2D eigenvalue weighted by Crippen LogP contribution is 2.41. The molecule has 2 N–H and O–H groups in total. The van der Waals surface area contributed by atoms with Gasteiger partial charge in [-0.1, -0.05) is 24.3 Å². The number of pyridine rings is 1. The van der Waals surface area contributed by atoms with Gasteiger partial charge in [0.2, 0.25) is 5.55 Å². The number of hydrogen-bond donors (Lipinski definition) is 2. The van der Waals surface area contributed by atoms with Gasteiger partial charge in [0.25, 0.3) is 5.56 Å². The van der Waals surface area contributed by atoms with Crippen LogP contribution in [0.25, 0.3) is 33.0 Å². The molecule has 0 saturated heterocycles. The Labute approximate surface area is 176 Å². The lowest BCUT2D eigenvalue weighted by Gasteiger charge is -2.17. The molecule has 0 aliphatic carbocycles. The summed E-state index contributed by atoms with van der Waals surface area (Å²) in [5, 5.41) is 9.19. The van der Waals surface area contributed by atoms with Crippen LogP contribution in [0.15, 0.2) is 51.7 Å². The largest absolute Gasteiger partial charge is 0.493 e. The topological polar surface area (TPSA) is 115 Å². The third kappa shape index (κ3) is 3.22. The fourth-order valence-electron chi connectivity index (χ4n) is 3.69. The van der Waals surface area contributed by atoms with Crippen LogP contribution in [0.1, 0.15) is 17.3 Å². The van der Waals surface area contributed by atoms with Crippen LogP contribution < -0.4 is 20.6 Å². The molecule has 2 aromatic heterocycles. The van der Waals surface area contributed by atoms with Crippen molar-refractivity contribution >= 4 is 27.8 Å². The minimum atomic E-state index is -0.773. The zero-order valence-corrected chi connectivity index (χ0v) is 17.2. The Kier molecular flexibility index (Phi) is 5.21. The molecule has 0 atom stereocenters. The van der Waals surface area contributed by atoms with E-state index in [9.17, 15) is 9.59 Å². The van der Waals surface area contributed by atoms with Crippen molar-refractivity contribution in [2.45, 2.75) is 6.92 Å². The van der Waals surface area contributed by atoms with Gasteiger partial charge in [-0.3, -0.25) is 10.2 Å². The van der Waals surface area contributed by atoms with Crippen LogP contribution in [0.3, 0.4) is 0 Å². The standard InChI is InChI=1S/C23H20N2O6/c1-4-30-23(27)18-16(13-9-7-11-15(28-2)19(13)29-3)17-20(31-21(18)24)12-8-5-6-10-14(12)25-22(17)26/h5-11,24H,4H2,1-3H3,(H,25,26). The van der Waals surface area contributed by atoms with E-state index >= 15 is 0 Å². The molecule has 0 spiro atoms. The molecule has 0 aliphatic rings. The number of carbonyl (C=O) groups excluding carboxylic acids is 1. The van der Waals surface area contributed by atoms with Crippen molar-refractivity contribution in [1.29, 1.82) is 5.41 Å². The second-order valence-corrected chi connectivity index (χ2v) is 6.65. The molecule has 0 saturated carbocycles. The van der Waals surface area contributed by atoms with Crippen molar-refractivity contribution in [2.75, 3.05) is 20.8 Å². The molecule has 4 aromatic rings. The van der Waals surface area contributed by atoms with E-state index in [1.165, 1.54) is 14.2 Å². The molecule has 2 aromatic carbocycles. The van der Waals surface area contributed by atoms with Gasteiger partial charge >= 0.3 is 5.97 Å². The Bertz CT molecular complexity index is 1430. The molecular weight excluding hydrogens is 400 g/mol. The summed E-state index contributed by atoms with van der Waals surface area (Å²) in [6.45, 7) is 1.75. The van der Waals surface area contributed by atoms with E-state index in [1.807, 2.05) is 0 Å². The van der Waals surface area contributed by atoms with E-state index in [4.69, 9.17) is 24.0 Å². The Hall–Kier alpha value is -4.07. The average molecular weight is 420 g/mol. The van der Waals surface area contributed by atoms with E-state index in [0.717, 1.165) is 0 Å². The highest BCUT2D eigenvalue weighted by atomic mass is 16.5. The number of benzene rings is 2. The van der Waals surface area contributed by atoms with Crippen molar-refractivity contribution in [3.8, 4) is 22.6 Å². The summed E-state index contributed by atoms with van der Waals surface area (Å²) in [4.78, 5) is 28.9. The van der Waals surface area contributed by atoms with Crippen LogP contribution in [0.4, 0.5) is 0 Å². The van der Waals surface area contributed by atoms with Crippen molar-refractivity contribution in [2.24, 2.45) is 0 Å². The average Bonchev–Trinajstić information content (AvgIpc) is 2.77. The maximum absolute atomic E-state index is 13.2. The summed E-state index contributed by atoms with van der Waals surface area (Å²) in [6, 6.07) is 12.2. The van der Waals surface area contributed by atoms with Crippen LogP contribution in [0.2, 0.25) is 0 Å². The number of esters is 1. The summed E-state index contributed by atoms with van der Waals surface area (Å²) in [6.07, 6.45) is 0. The van der Waals surface area contributed by atoms with Crippen LogP contribution in [-0.2, 0) is 4.74 Å². The molecule has 0 bridgehead atoms. The number of ether oxygens (including phenoxy) is 3. The summed E-state index contributed by atoms with van der Waals surface area (Å²) in [7, 11) is 2.95. The van der Waals surface area contributed by atoms with E-state index < -0.39 is 17.1 Å². The second kappa shape index (κ2) is 7.98. The maximum atomic E-state index is 13.2. The number of fused-ring (bicyclic) bond motifs is 3. The van der Waals surface area contributed by atoms with Crippen LogP contribution in [0.5, 0.6) is 11.5 Å². The van der Waals surface area contributed by atoms with Gasteiger partial charge in [-0.2, -0.15) is 0 Å². The molecule has 8 nitrogen and oxygen atoms in total. The maximum Gasteiger partial charge on any atom is 0.344 e. The Morgan fingerprint density at radius 3 is 2.58 bits per heavy atom. The summed E-state index contributed by atoms with van der Waals surface area (Å²) < 4.78 is 21.8. The number of para-hydroxylation sites is 2. The molecule has 0 aliphatic heterocycles. The first-order valence-corrected chi connectivity index (χ1v) is 9.56. The predicted octanol–water partition coefficient (Wildman–Crippen LogP) is 3.61. The molecule has 4 rings (SSSR count). The number of rotatable bonds is 5. The first-order valence-electron chi connectivity index (χ1n) is 9.56. The highest BCUT2D eigenvalue weighted by molar-refractivity contribution is 6.12. The Balaban J connectivity index is 2.28. The molecule has 0 radical (unpaired) electrons. The van der Waals surface area contributed by atoms with Gasteiger partial charge in [0.05, 0.1) is 31.7 Å². The molecule has 8 heteroatoms. The highest BCUT2D eigenvalue weighted by Gasteiger charge is 2.27. The first kappa shape index (κ1) is 20.2. The number of carbonyl (C=O) groups is 1. The van der Waals surface area contributed by atoms with Gasteiger partial charge < -0.3 is 23.6 Å². The van der Waals surface area contributed by atoms with Crippen LogP contribution in [-0.4, -0.2) is 31.8 Å². The van der Waals surface area contributed by atoms with E-state index in [-0.39, 0.29) is 28.7 Å². The number of methoxy groups -OCH3 is 2. The third-order valence-corrected chi connectivity index (χ3v) is 4.96. The molecule has 0 unspecified atom stereocenters. The number of aromatic nitrogens is 1. The van der Waals surface area contributed by atoms with Gasteiger partial charge in [0, 0.05) is 16.5 Å². The van der Waals surface area contributed by atoms with Crippen molar-refractivity contribution < 1.29 is 23.4 Å². The van der Waals surface area contributed by atoms with Crippen LogP contribution >= 0.6 is 0 Å². The molecular formula is C23H20N2O6. The predicted molar refractivity (Wildman–Crippen MR) is 115 cm³/mol. The summed E-state index contributed by atoms with van der Waals surface area (Å²) in [5.41, 5.74) is 0.284. The van der Waals surface area contributed by atoms with E-state index in [0.29, 0.717) is 28.0 Å². The third-order valence-electron chi connectivity index (χ3n) is 4.96. The monoisotopic (exact) mass is 420 g/mol. The first-order chi connectivity index (χ1) is 15.0. The van der Waals surface area contributed by atoms with Crippen molar-refractivity contribution in [3.05, 3.63) is 63.9 Å². The molecule has 2 heterocycles. The van der Waals surface area contributed by atoms with Crippen LogP contribution in [0, 0.1) is 5.41 Å². The van der Waals surface area contributed by atoms with E-state index in [1.54, 1.807) is 49.4 Å². The fourth-order valence-corrected chi connectivity index (χ4v) is 3.69. The molecule has 158 valence electrons. The molecule has 0 fully saturated rings. The quantitative estimate of drug-likeness (QED) is 0.376. The number of nitrogens with one attached hydrogen (secondary N) is 2. The van der Waals surface area contributed by atoms with Gasteiger partial charge in [0.15, 0.2) is 17.1 Å². The minimum Gasteiger partial charge on any atom is -0.493 e. The number of aromatic amines is 1. The Morgan fingerprint density at radius 2 is 1.87 bits per heavy atom. The number of hydrogen-bond acceptors (Lipinski definition) is 7. The summed E-state index contributed by atoms with van der Waals surface area (Å²) >= 11 is 0. The fraction of sp³-hybridized carbons (Fsp3) is 0.174. The zero-order chi connectivity index (χ0) is 22.1. The second-order valence-electron chi connectivity index (χ2n) is 6.65. The van der Waals surface area contributed by atoms with Gasteiger partial charge in [-0.15, -0.1) is 0 Å². The lowest BCUT2D eigenvalue weighted by Crippen LogP contribution is -2.21. The van der Waals surface area contributed by atoms with Gasteiger partial charge in [-0.05, 0) is 25.1 Å². The zero-order valence-electron chi connectivity index (χ0n) is 17.2. The molecule has 31 heavy (non-hydrogen) atoms. The smallest absolute Gasteiger partial charge is 0.344 e. The summed E-state index contributed by atoms with van der Waals surface area (Å²) in [5.74, 6) is -0.0481. The lowest BCUT2D eigenvalue weighted by molar-refractivity contribution is 0.0522. The van der Waals surface area contributed by atoms with Gasteiger partial charge in [-0.25, -0.2) is 4.79 Å². The normalized spacial score (nSPS) is 10.9. The number of H-pyrrole nitrogens is 1.